The Bertz CT molecular complexity index is 734. The van der Waals surface area contributed by atoms with E-state index in [9.17, 15) is 20.0 Å². The number of nitriles is 1. The second-order valence-corrected chi connectivity index (χ2v) is 8.65. The molecule has 2 aliphatic carbocycles. The van der Waals surface area contributed by atoms with Gasteiger partial charge in [-0.05, 0) is 43.6 Å². The van der Waals surface area contributed by atoms with E-state index in [1.807, 2.05) is 0 Å². The number of carbonyl (C=O) groups excluding carboxylic acids is 1. The molecule has 1 heterocycles. The molecule has 3 rings (SSSR count). The molecule has 0 aliphatic heterocycles. The SMILES string of the molecule is CCC[C@H]1CCc2c(sc(NC(=O)[C@H]3CCCC[C@@H]3C(=O)O)c2C#N)C1. The molecule has 1 aromatic heterocycles. The molecule has 1 aromatic rings. The van der Waals surface area contributed by atoms with Gasteiger partial charge in [-0.3, -0.25) is 9.59 Å². The molecule has 0 saturated heterocycles. The lowest BCUT2D eigenvalue weighted by Crippen LogP contribution is -2.36. The smallest absolute Gasteiger partial charge is 0.307 e. The summed E-state index contributed by atoms with van der Waals surface area (Å²) in [6, 6.07) is 2.27. The highest BCUT2D eigenvalue weighted by atomic mass is 32.1. The molecule has 6 heteroatoms. The van der Waals surface area contributed by atoms with Crippen molar-refractivity contribution in [2.24, 2.45) is 17.8 Å². The zero-order chi connectivity index (χ0) is 18.7. The lowest BCUT2D eigenvalue weighted by molar-refractivity contribution is -0.147. The van der Waals surface area contributed by atoms with Gasteiger partial charge in [-0.2, -0.15) is 5.26 Å². The van der Waals surface area contributed by atoms with Crippen LogP contribution in [0.15, 0.2) is 0 Å². The van der Waals surface area contributed by atoms with Crippen LogP contribution in [-0.4, -0.2) is 17.0 Å². The molecule has 0 bridgehead atoms. The van der Waals surface area contributed by atoms with Crippen LogP contribution in [0.25, 0.3) is 0 Å². The zero-order valence-corrected chi connectivity index (χ0v) is 16.0. The quantitative estimate of drug-likeness (QED) is 0.801. The maximum absolute atomic E-state index is 12.8. The van der Waals surface area contributed by atoms with Gasteiger partial charge in [0.1, 0.15) is 11.1 Å². The predicted molar refractivity (Wildman–Crippen MR) is 101 cm³/mol. The van der Waals surface area contributed by atoms with Gasteiger partial charge in [0.15, 0.2) is 0 Å². The zero-order valence-electron chi connectivity index (χ0n) is 15.2. The third kappa shape index (κ3) is 3.78. The van der Waals surface area contributed by atoms with Gasteiger partial charge in [0.05, 0.1) is 17.4 Å². The summed E-state index contributed by atoms with van der Waals surface area (Å²) in [5, 5.41) is 22.5. The fraction of sp³-hybridized carbons (Fsp3) is 0.650. The minimum absolute atomic E-state index is 0.239. The summed E-state index contributed by atoms with van der Waals surface area (Å²) in [5.74, 6) is -1.58. The Morgan fingerprint density at radius 3 is 2.65 bits per heavy atom. The highest BCUT2D eigenvalue weighted by Gasteiger charge is 2.36. The van der Waals surface area contributed by atoms with Crippen molar-refractivity contribution >= 4 is 28.2 Å². The van der Waals surface area contributed by atoms with Crippen LogP contribution in [-0.2, 0) is 22.4 Å². The molecular formula is C20H26N2O3S. The van der Waals surface area contributed by atoms with Crippen LogP contribution in [0.4, 0.5) is 5.00 Å². The lowest BCUT2D eigenvalue weighted by atomic mass is 9.78. The Morgan fingerprint density at radius 2 is 2.00 bits per heavy atom. The fourth-order valence-electron chi connectivity index (χ4n) is 4.46. The van der Waals surface area contributed by atoms with Crippen molar-refractivity contribution in [3.63, 3.8) is 0 Å². The Labute approximate surface area is 158 Å². The molecule has 1 amide bonds. The number of rotatable bonds is 5. The number of thiophene rings is 1. The molecule has 3 atom stereocenters. The van der Waals surface area contributed by atoms with E-state index < -0.39 is 17.8 Å². The summed E-state index contributed by atoms with van der Waals surface area (Å²) in [6.07, 6.45) is 8.25. The highest BCUT2D eigenvalue weighted by Crippen LogP contribution is 2.41. The third-order valence-electron chi connectivity index (χ3n) is 5.83. The molecular weight excluding hydrogens is 348 g/mol. The molecule has 0 spiro atoms. The molecule has 0 unspecified atom stereocenters. The van der Waals surface area contributed by atoms with Crippen molar-refractivity contribution in [2.75, 3.05) is 5.32 Å². The topological polar surface area (TPSA) is 90.2 Å². The predicted octanol–water partition coefficient (Wildman–Crippen LogP) is 4.35. The van der Waals surface area contributed by atoms with Crippen LogP contribution in [0.3, 0.4) is 0 Å². The number of carboxylic acids is 1. The van der Waals surface area contributed by atoms with E-state index in [0.29, 0.717) is 29.3 Å². The summed E-state index contributed by atoms with van der Waals surface area (Å²) in [7, 11) is 0. The maximum atomic E-state index is 12.8. The first-order valence-electron chi connectivity index (χ1n) is 9.63. The highest BCUT2D eigenvalue weighted by molar-refractivity contribution is 7.16. The standard InChI is InChI=1S/C20H26N2O3S/c1-2-5-12-8-9-13-16(11-21)19(26-17(13)10-12)22-18(23)14-6-3-4-7-15(14)20(24)25/h12,14-15H,2-10H2,1H3,(H,22,23)(H,24,25)/t12-,14-,15-/m0/s1. The number of carboxylic acid groups (broad SMARTS) is 1. The maximum Gasteiger partial charge on any atom is 0.307 e. The molecule has 0 aromatic carbocycles. The lowest BCUT2D eigenvalue weighted by Gasteiger charge is -2.27. The Balaban J connectivity index is 1.78. The number of anilines is 1. The molecule has 5 nitrogen and oxygen atoms in total. The van der Waals surface area contributed by atoms with Crippen LogP contribution in [0.2, 0.25) is 0 Å². The summed E-state index contributed by atoms with van der Waals surface area (Å²) in [6.45, 7) is 2.19. The van der Waals surface area contributed by atoms with Gasteiger partial charge in [0, 0.05) is 4.88 Å². The molecule has 1 saturated carbocycles. The average Bonchev–Trinajstić information content (AvgIpc) is 2.98. The minimum Gasteiger partial charge on any atom is -0.481 e. The van der Waals surface area contributed by atoms with Crippen LogP contribution in [0, 0.1) is 29.1 Å². The van der Waals surface area contributed by atoms with Crippen LogP contribution in [0.5, 0.6) is 0 Å². The van der Waals surface area contributed by atoms with Gasteiger partial charge >= 0.3 is 5.97 Å². The second kappa shape index (κ2) is 8.22. The molecule has 26 heavy (non-hydrogen) atoms. The molecule has 1 fully saturated rings. The van der Waals surface area contributed by atoms with Gasteiger partial charge in [-0.25, -0.2) is 0 Å². The van der Waals surface area contributed by atoms with E-state index >= 15 is 0 Å². The van der Waals surface area contributed by atoms with Gasteiger partial charge in [0.2, 0.25) is 5.91 Å². The minimum atomic E-state index is -0.891. The summed E-state index contributed by atoms with van der Waals surface area (Å²) >= 11 is 1.52. The Morgan fingerprint density at radius 1 is 1.27 bits per heavy atom. The monoisotopic (exact) mass is 374 g/mol. The van der Waals surface area contributed by atoms with Crippen LogP contribution >= 0.6 is 11.3 Å². The van der Waals surface area contributed by atoms with E-state index in [1.54, 1.807) is 0 Å². The largest absolute Gasteiger partial charge is 0.481 e. The number of hydrogen-bond donors (Lipinski definition) is 2. The first-order chi connectivity index (χ1) is 12.5. The number of carbonyl (C=O) groups is 2. The molecule has 2 aliphatic rings. The second-order valence-electron chi connectivity index (χ2n) is 7.54. The van der Waals surface area contributed by atoms with Gasteiger partial charge in [-0.15, -0.1) is 11.3 Å². The molecule has 0 radical (unpaired) electrons. The molecule has 2 N–H and O–H groups in total. The number of amides is 1. The van der Waals surface area contributed by atoms with Crippen LogP contribution in [0.1, 0.15) is 67.9 Å². The Hall–Kier alpha value is -1.87. The van der Waals surface area contributed by atoms with Gasteiger partial charge in [0.25, 0.3) is 0 Å². The van der Waals surface area contributed by atoms with Crippen molar-refractivity contribution in [3.8, 4) is 6.07 Å². The number of nitrogens with one attached hydrogen (secondary N) is 1. The summed E-state index contributed by atoms with van der Waals surface area (Å²) in [4.78, 5) is 25.4. The normalized spacial score (nSPS) is 25.2. The van der Waals surface area contributed by atoms with E-state index in [1.165, 1.54) is 29.1 Å². The van der Waals surface area contributed by atoms with E-state index in [2.05, 4.69) is 18.3 Å². The fourth-order valence-corrected chi connectivity index (χ4v) is 5.78. The number of aliphatic carboxylic acids is 1. The van der Waals surface area contributed by atoms with E-state index in [0.717, 1.165) is 37.7 Å². The number of nitrogens with zero attached hydrogens (tertiary/aromatic N) is 1. The van der Waals surface area contributed by atoms with E-state index in [-0.39, 0.29) is 5.91 Å². The van der Waals surface area contributed by atoms with Crippen molar-refractivity contribution in [3.05, 3.63) is 16.0 Å². The van der Waals surface area contributed by atoms with E-state index in [4.69, 9.17) is 0 Å². The first kappa shape index (κ1) is 18.9. The Kier molecular flexibility index (Phi) is 5.98. The van der Waals surface area contributed by atoms with Gasteiger partial charge < -0.3 is 10.4 Å². The average molecular weight is 375 g/mol. The number of fused-ring (bicyclic) bond motifs is 1. The number of hydrogen-bond acceptors (Lipinski definition) is 4. The summed E-state index contributed by atoms with van der Waals surface area (Å²) in [5.41, 5.74) is 1.69. The first-order valence-corrected chi connectivity index (χ1v) is 10.4. The van der Waals surface area contributed by atoms with Crippen molar-refractivity contribution in [1.29, 1.82) is 5.26 Å². The van der Waals surface area contributed by atoms with Crippen LogP contribution < -0.4 is 5.32 Å². The summed E-state index contributed by atoms with van der Waals surface area (Å²) < 4.78 is 0. The van der Waals surface area contributed by atoms with Crippen molar-refractivity contribution in [2.45, 2.75) is 64.7 Å². The third-order valence-corrected chi connectivity index (χ3v) is 7.00. The van der Waals surface area contributed by atoms with Crippen molar-refractivity contribution < 1.29 is 14.7 Å². The molecule has 140 valence electrons. The van der Waals surface area contributed by atoms with Gasteiger partial charge in [-0.1, -0.05) is 32.6 Å². The van der Waals surface area contributed by atoms with Crippen molar-refractivity contribution in [1.82, 2.24) is 0 Å².